The number of piperazine rings is 1. The van der Waals surface area contributed by atoms with Gasteiger partial charge in [-0.2, -0.15) is 5.10 Å². The molecular weight excluding hydrogens is 410 g/mol. The molecule has 4 rings (SSSR count). The van der Waals surface area contributed by atoms with Gasteiger partial charge in [-0.25, -0.2) is 4.68 Å². The van der Waals surface area contributed by atoms with Crippen molar-refractivity contribution in [2.24, 2.45) is 0 Å². The summed E-state index contributed by atoms with van der Waals surface area (Å²) in [7, 11) is 0. The zero-order valence-corrected chi connectivity index (χ0v) is 19.1. The van der Waals surface area contributed by atoms with Crippen LogP contribution in [0.4, 0.5) is 0 Å². The Labute approximate surface area is 186 Å². The second-order valence-electron chi connectivity index (χ2n) is 8.11. The molecule has 1 aliphatic rings. The molecule has 1 saturated heterocycles. The Morgan fingerprint density at radius 1 is 1.16 bits per heavy atom. The maximum Gasteiger partial charge on any atom is 0.264 e. The lowest BCUT2D eigenvalue weighted by Gasteiger charge is -2.34. The number of aromatic nitrogens is 2. The highest BCUT2D eigenvalue weighted by molar-refractivity contribution is 7.20. The summed E-state index contributed by atoms with van der Waals surface area (Å²) >= 11 is 1.49. The number of carbonyl (C=O) groups excluding carboxylic acids is 2. The molecule has 1 atom stereocenters. The number of carbonyl (C=O) groups is 2. The Morgan fingerprint density at radius 2 is 1.87 bits per heavy atom. The smallest absolute Gasteiger partial charge is 0.264 e. The number of para-hydroxylation sites is 1. The number of nitrogens with zero attached hydrogens (tertiary/aromatic N) is 4. The molecule has 7 nitrogen and oxygen atoms in total. The summed E-state index contributed by atoms with van der Waals surface area (Å²) in [5.74, 6) is 0.114. The van der Waals surface area contributed by atoms with Crippen LogP contribution < -0.4 is 5.32 Å². The summed E-state index contributed by atoms with van der Waals surface area (Å²) in [6, 6.07) is 12.2. The van der Waals surface area contributed by atoms with E-state index < -0.39 is 0 Å². The molecule has 1 N–H and O–H groups in total. The highest BCUT2D eigenvalue weighted by atomic mass is 32.1. The van der Waals surface area contributed by atoms with Crippen molar-refractivity contribution in [1.29, 1.82) is 0 Å². The lowest BCUT2D eigenvalue weighted by molar-refractivity contribution is -0.123. The number of fused-ring (bicyclic) bond motifs is 1. The average Bonchev–Trinajstić information content (AvgIpc) is 3.35. The van der Waals surface area contributed by atoms with Crippen LogP contribution in [0.5, 0.6) is 0 Å². The Balaban J connectivity index is 1.42. The lowest BCUT2D eigenvalue weighted by atomic mass is 10.2. The van der Waals surface area contributed by atoms with Crippen molar-refractivity contribution in [3.8, 4) is 5.69 Å². The minimum Gasteiger partial charge on any atom is -0.353 e. The molecule has 1 aliphatic heterocycles. The Bertz CT molecular complexity index is 1070. The molecule has 0 radical (unpaired) electrons. The number of amides is 2. The number of nitrogens with one attached hydrogen (secondary N) is 1. The molecule has 2 amide bonds. The van der Waals surface area contributed by atoms with E-state index in [4.69, 9.17) is 0 Å². The van der Waals surface area contributed by atoms with Crippen molar-refractivity contribution >= 4 is 33.4 Å². The molecule has 2 aromatic heterocycles. The summed E-state index contributed by atoms with van der Waals surface area (Å²) in [6.07, 6.45) is 0.921. The first-order chi connectivity index (χ1) is 15.0. The van der Waals surface area contributed by atoms with Gasteiger partial charge in [0.05, 0.1) is 22.8 Å². The van der Waals surface area contributed by atoms with Crippen LogP contribution in [0.2, 0.25) is 0 Å². The van der Waals surface area contributed by atoms with Crippen molar-refractivity contribution in [2.45, 2.75) is 33.2 Å². The molecule has 1 fully saturated rings. The average molecular weight is 440 g/mol. The largest absolute Gasteiger partial charge is 0.353 e. The zero-order chi connectivity index (χ0) is 22.0. The second kappa shape index (κ2) is 9.20. The van der Waals surface area contributed by atoms with E-state index in [1.165, 1.54) is 11.3 Å². The number of hydrogen-bond donors (Lipinski definition) is 1. The van der Waals surface area contributed by atoms with Crippen molar-refractivity contribution in [3.63, 3.8) is 0 Å². The van der Waals surface area contributed by atoms with Crippen molar-refractivity contribution in [3.05, 3.63) is 47.0 Å². The fourth-order valence-corrected chi connectivity index (χ4v) is 4.94. The molecule has 3 aromatic rings. The standard InChI is InChI=1S/C23H29N5O2S/c1-4-16(2)24-21(29)15-26-10-12-27(13-11-26)22(30)20-14-19-17(3)25-28(23(19)31-20)18-8-6-5-7-9-18/h5-9,14,16H,4,10-13,15H2,1-3H3,(H,24,29). The molecule has 0 aliphatic carbocycles. The fourth-order valence-electron chi connectivity index (χ4n) is 3.79. The monoisotopic (exact) mass is 439 g/mol. The van der Waals surface area contributed by atoms with Crippen LogP contribution in [0.3, 0.4) is 0 Å². The van der Waals surface area contributed by atoms with Crippen LogP contribution in [0, 0.1) is 6.92 Å². The lowest BCUT2D eigenvalue weighted by Crippen LogP contribution is -2.51. The molecule has 8 heteroatoms. The number of benzene rings is 1. The summed E-state index contributed by atoms with van der Waals surface area (Å²) in [4.78, 5) is 31.0. The van der Waals surface area contributed by atoms with E-state index in [0.717, 1.165) is 32.9 Å². The van der Waals surface area contributed by atoms with Crippen LogP contribution in [0.25, 0.3) is 15.9 Å². The highest BCUT2D eigenvalue weighted by Crippen LogP contribution is 2.31. The topological polar surface area (TPSA) is 70.5 Å². The third-order valence-electron chi connectivity index (χ3n) is 5.80. The van der Waals surface area contributed by atoms with Crippen molar-refractivity contribution < 1.29 is 9.59 Å². The molecule has 1 aromatic carbocycles. The van der Waals surface area contributed by atoms with Gasteiger partial charge < -0.3 is 10.2 Å². The van der Waals surface area contributed by atoms with E-state index in [-0.39, 0.29) is 17.9 Å². The van der Waals surface area contributed by atoms with Crippen LogP contribution in [0.1, 0.15) is 35.6 Å². The second-order valence-corrected chi connectivity index (χ2v) is 9.14. The summed E-state index contributed by atoms with van der Waals surface area (Å²) in [5, 5.41) is 8.69. The van der Waals surface area contributed by atoms with Crippen molar-refractivity contribution in [1.82, 2.24) is 24.9 Å². The van der Waals surface area contributed by atoms with Gasteiger partial charge in [-0.05, 0) is 38.5 Å². The van der Waals surface area contributed by atoms with Gasteiger partial charge in [0, 0.05) is 37.6 Å². The van der Waals surface area contributed by atoms with Gasteiger partial charge in [0.2, 0.25) is 5.91 Å². The molecule has 0 bridgehead atoms. The number of hydrogen-bond acceptors (Lipinski definition) is 5. The zero-order valence-electron chi connectivity index (χ0n) is 18.3. The summed E-state index contributed by atoms with van der Waals surface area (Å²) < 4.78 is 1.92. The minimum absolute atomic E-state index is 0.0552. The maximum absolute atomic E-state index is 13.1. The highest BCUT2D eigenvalue weighted by Gasteiger charge is 2.26. The SMILES string of the molecule is CCC(C)NC(=O)CN1CCN(C(=O)c2cc3c(C)nn(-c4ccccc4)c3s2)CC1. The van der Waals surface area contributed by atoms with Gasteiger partial charge in [-0.15, -0.1) is 11.3 Å². The van der Waals surface area contributed by atoms with E-state index in [1.807, 2.05) is 59.8 Å². The molecule has 0 spiro atoms. The Morgan fingerprint density at radius 3 is 2.55 bits per heavy atom. The van der Waals surface area contributed by atoms with Crippen LogP contribution in [0.15, 0.2) is 36.4 Å². The molecule has 31 heavy (non-hydrogen) atoms. The van der Waals surface area contributed by atoms with Gasteiger partial charge >= 0.3 is 0 Å². The van der Waals surface area contributed by atoms with Gasteiger partial charge in [-0.3, -0.25) is 14.5 Å². The van der Waals surface area contributed by atoms with E-state index in [0.29, 0.717) is 32.7 Å². The van der Waals surface area contributed by atoms with Gasteiger partial charge in [0.25, 0.3) is 5.91 Å². The first-order valence-corrected chi connectivity index (χ1v) is 11.6. The number of aryl methyl sites for hydroxylation is 1. The van der Waals surface area contributed by atoms with Gasteiger partial charge in [-0.1, -0.05) is 25.1 Å². The summed E-state index contributed by atoms with van der Waals surface area (Å²) in [6.45, 7) is 9.12. The van der Waals surface area contributed by atoms with E-state index in [2.05, 4.69) is 22.2 Å². The first kappa shape index (κ1) is 21.5. The van der Waals surface area contributed by atoms with E-state index in [9.17, 15) is 9.59 Å². The van der Waals surface area contributed by atoms with Crippen LogP contribution >= 0.6 is 11.3 Å². The normalized spacial score (nSPS) is 15.9. The molecule has 3 heterocycles. The predicted molar refractivity (Wildman–Crippen MR) is 124 cm³/mol. The molecule has 1 unspecified atom stereocenters. The third-order valence-corrected chi connectivity index (χ3v) is 6.90. The molecule has 0 saturated carbocycles. The third kappa shape index (κ3) is 4.65. The van der Waals surface area contributed by atoms with Gasteiger partial charge in [0.15, 0.2) is 0 Å². The predicted octanol–water partition coefficient (Wildman–Crippen LogP) is 3.07. The summed E-state index contributed by atoms with van der Waals surface area (Å²) in [5.41, 5.74) is 1.91. The number of rotatable bonds is 6. The van der Waals surface area contributed by atoms with E-state index in [1.54, 1.807) is 0 Å². The number of thiophene rings is 1. The quantitative estimate of drug-likeness (QED) is 0.641. The van der Waals surface area contributed by atoms with Gasteiger partial charge in [0.1, 0.15) is 4.83 Å². The fraction of sp³-hybridized carbons (Fsp3) is 0.435. The molecule has 164 valence electrons. The van der Waals surface area contributed by atoms with Crippen molar-refractivity contribution in [2.75, 3.05) is 32.7 Å². The van der Waals surface area contributed by atoms with Crippen LogP contribution in [-0.2, 0) is 4.79 Å². The molecular formula is C23H29N5O2S. The van der Waals surface area contributed by atoms with Crippen LogP contribution in [-0.4, -0.2) is 70.2 Å². The first-order valence-electron chi connectivity index (χ1n) is 10.8. The maximum atomic E-state index is 13.1. The minimum atomic E-state index is 0.0552. The Hall–Kier alpha value is -2.71. The van der Waals surface area contributed by atoms with E-state index >= 15 is 0 Å². The Kier molecular flexibility index (Phi) is 6.38.